The number of hydrogen-bond acceptors (Lipinski definition) is 2. The minimum absolute atomic E-state index is 0. The first kappa shape index (κ1) is 15.7. The van der Waals surface area contributed by atoms with Crippen molar-refractivity contribution >= 4 is 17.9 Å². The number of aromatic nitrogens is 2. The normalized spacial score (nSPS) is 10.0. The largest absolute Gasteiger partial charge is 0.312 e. The molecule has 22 heavy (non-hydrogen) atoms. The fraction of sp³-hybridized carbons (Fsp3) is 0.176. The van der Waals surface area contributed by atoms with Crippen LogP contribution in [0.2, 0.25) is 0 Å². The molecule has 0 bridgehead atoms. The van der Waals surface area contributed by atoms with Crippen LogP contribution in [0.4, 0.5) is 10.2 Å². The molecule has 0 saturated heterocycles. The van der Waals surface area contributed by atoms with Crippen LogP contribution in [-0.2, 0) is 4.79 Å². The second kappa shape index (κ2) is 6.85. The van der Waals surface area contributed by atoms with Crippen LogP contribution in [0.15, 0.2) is 42.7 Å². The maximum atomic E-state index is 10.5. The van der Waals surface area contributed by atoms with Crippen molar-refractivity contribution in [3.05, 3.63) is 53.9 Å². The van der Waals surface area contributed by atoms with Crippen LogP contribution in [0.5, 0.6) is 0 Å². The Morgan fingerprint density at radius 2 is 1.95 bits per heavy atom. The quantitative estimate of drug-likeness (QED) is 0.743. The monoisotopic (exact) mass is 301 g/mol. The van der Waals surface area contributed by atoms with Crippen molar-refractivity contribution in [2.24, 2.45) is 0 Å². The van der Waals surface area contributed by atoms with Gasteiger partial charge in [0.2, 0.25) is 6.41 Å². The molecule has 2 heterocycles. The predicted molar refractivity (Wildman–Crippen MR) is 88.9 cm³/mol. The number of anilines is 1. The minimum Gasteiger partial charge on any atom is -0.312 e. The van der Waals surface area contributed by atoms with E-state index in [2.05, 4.69) is 42.3 Å². The highest BCUT2D eigenvalue weighted by molar-refractivity contribution is 5.72. The summed E-state index contributed by atoms with van der Waals surface area (Å²) in [6.07, 6.45) is 4.46. The summed E-state index contributed by atoms with van der Waals surface area (Å²) in [7, 11) is 0.500. The summed E-state index contributed by atoms with van der Waals surface area (Å²) in [5, 5.41) is 2.56. The molecule has 0 aliphatic rings. The standard InChI is InChI=1S/C16H15N3O.CH3F.H2/c1-11-3-5-14(12(2)7-11)13-4-6-16-18-15(17-10-20)9-19(16)8-13;1-2;/h3-10H,1-2H3,(H,17,20);1H3;1H. The van der Waals surface area contributed by atoms with Gasteiger partial charge >= 0.3 is 0 Å². The number of pyridine rings is 1. The van der Waals surface area contributed by atoms with E-state index < -0.39 is 0 Å². The minimum atomic E-state index is 0. The molecule has 1 amide bonds. The molecule has 4 nitrogen and oxygen atoms in total. The number of aryl methyl sites for hydroxylation is 2. The van der Waals surface area contributed by atoms with Crippen molar-refractivity contribution in [2.75, 3.05) is 12.5 Å². The van der Waals surface area contributed by atoms with Gasteiger partial charge in [0.1, 0.15) is 5.65 Å². The first-order valence-electron chi connectivity index (χ1n) is 6.82. The number of carbonyl (C=O) groups excluding carboxylic acids is 1. The zero-order valence-corrected chi connectivity index (χ0v) is 12.8. The van der Waals surface area contributed by atoms with E-state index in [1.807, 2.05) is 22.7 Å². The van der Waals surface area contributed by atoms with Gasteiger partial charge < -0.3 is 9.72 Å². The summed E-state index contributed by atoms with van der Waals surface area (Å²) in [5.41, 5.74) is 5.65. The number of carbonyl (C=O) groups is 1. The molecule has 0 aliphatic heterocycles. The molecule has 0 unspecified atom stereocenters. The maximum absolute atomic E-state index is 10.5. The van der Waals surface area contributed by atoms with E-state index in [4.69, 9.17) is 0 Å². The SMILES string of the molecule is CF.Cc1ccc(-c2ccc3nc(NC=O)cn3c2)c(C)c1.[HH]. The fourth-order valence-corrected chi connectivity index (χ4v) is 2.42. The number of alkyl halides is 1. The average molecular weight is 301 g/mol. The van der Waals surface area contributed by atoms with E-state index in [-0.39, 0.29) is 1.43 Å². The van der Waals surface area contributed by atoms with Crippen molar-refractivity contribution in [3.8, 4) is 11.1 Å². The molecule has 1 N–H and O–H groups in total. The number of amides is 1. The summed E-state index contributed by atoms with van der Waals surface area (Å²) in [4.78, 5) is 14.8. The van der Waals surface area contributed by atoms with Crippen LogP contribution in [0.3, 0.4) is 0 Å². The van der Waals surface area contributed by atoms with Crippen molar-refractivity contribution in [1.82, 2.24) is 9.38 Å². The third-order valence-corrected chi connectivity index (χ3v) is 3.35. The Bertz CT molecular complexity index is 802. The van der Waals surface area contributed by atoms with Gasteiger partial charge in [-0.2, -0.15) is 0 Å². The van der Waals surface area contributed by atoms with E-state index >= 15 is 0 Å². The molecule has 0 saturated carbocycles. The van der Waals surface area contributed by atoms with Crippen molar-refractivity contribution in [1.29, 1.82) is 0 Å². The Kier molecular flexibility index (Phi) is 4.88. The lowest BCUT2D eigenvalue weighted by molar-refractivity contribution is -0.105. The number of halogens is 1. The van der Waals surface area contributed by atoms with E-state index in [1.165, 1.54) is 16.7 Å². The Balaban J connectivity index is 0.000000849. The number of hydrogen-bond donors (Lipinski definition) is 1. The molecule has 0 atom stereocenters. The van der Waals surface area contributed by atoms with Gasteiger partial charge in [-0.15, -0.1) is 0 Å². The number of fused-ring (bicyclic) bond motifs is 1. The van der Waals surface area contributed by atoms with E-state index in [9.17, 15) is 9.18 Å². The van der Waals surface area contributed by atoms with Gasteiger partial charge in [-0.25, -0.2) is 4.98 Å². The van der Waals surface area contributed by atoms with E-state index in [0.29, 0.717) is 19.4 Å². The Hall–Kier alpha value is -2.69. The number of nitrogens with zero attached hydrogens (tertiary/aromatic N) is 2. The smallest absolute Gasteiger partial charge is 0.212 e. The molecule has 0 aliphatic carbocycles. The zero-order valence-electron chi connectivity index (χ0n) is 12.8. The highest BCUT2D eigenvalue weighted by Crippen LogP contribution is 2.25. The Morgan fingerprint density at radius 3 is 2.64 bits per heavy atom. The van der Waals surface area contributed by atoms with Gasteiger partial charge in [0.25, 0.3) is 0 Å². The third kappa shape index (κ3) is 3.14. The van der Waals surface area contributed by atoms with E-state index in [1.54, 1.807) is 6.20 Å². The molecule has 1 aromatic carbocycles. The molecular formula is C17H20FN3O. The van der Waals surface area contributed by atoms with Crippen LogP contribution >= 0.6 is 0 Å². The van der Waals surface area contributed by atoms with Gasteiger partial charge in [-0.3, -0.25) is 9.18 Å². The van der Waals surface area contributed by atoms with Crippen molar-refractivity contribution < 1.29 is 10.6 Å². The van der Waals surface area contributed by atoms with E-state index in [0.717, 1.165) is 11.2 Å². The number of imidazole rings is 1. The highest BCUT2D eigenvalue weighted by atomic mass is 19.1. The maximum Gasteiger partial charge on any atom is 0.212 e. The summed E-state index contributed by atoms with van der Waals surface area (Å²) >= 11 is 0. The van der Waals surface area contributed by atoms with Gasteiger partial charge in [-0.05, 0) is 42.7 Å². The topological polar surface area (TPSA) is 46.4 Å². The first-order chi connectivity index (χ1) is 10.7. The van der Waals surface area contributed by atoms with Crippen LogP contribution in [-0.4, -0.2) is 23.0 Å². The van der Waals surface area contributed by atoms with Crippen LogP contribution in [0.1, 0.15) is 12.6 Å². The van der Waals surface area contributed by atoms with Gasteiger partial charge in [0.05, 0.1) is 13.4 Å². The molecule has 0 spiro atoms. The molecule has 2 aromatic heterocycles. The number of benzene rings is 1. The fourth-order valence-electron chi connectivity index (χ4n) is 2.42. The second-order valence-electron chi connectivity index (χ2n) is 4.89. The van der Waals surface area contributed by atoms with Crippen LogP contribution < -0.4 is 5.32 Å². The highest BCUT2D eigenvalue weighted by Gasteiger charge is 2.05. The third-order valence-electron chi connectivity index (χ3n) is 3.35. The molecular weight excluding hydrogens is 281 g/mol. The molecule has 5 heteroatoms. The summed E-state index contributed by atoms with van der Waals surface area (Å²) < 4.78 is 11.4. The summed E-state index contributed by atoms with van der Waals surface area (Å²) in [6, 6.07) is 10.4. The molecule has 3 rings (SSSR count). The van der Waals surface area contributed by atoms with Crippen LogP contribution in [0.25, 0.3) is 16.8 Å². The molecule has 116 valence electrons. The summed E-state index contributed by atoms with van der Waals surface area (Å²) in [5.74, 6) is 0.553. The van der Waals surface area contributed by atoms with Crippen molar-refractivity contribution in [3.63, 3.8) is 0 Å². The van der Waals surface area contributed by atoms with Gasteiger partial charge in [-0.1, -0.05) is 23.8 Å². The molecule has 3 aromatic rings. The zero-order chi connectivity index (χ0) is 16.1. The average Bonchev–Trinajstić information content (AvgIpc) is 2.91. The van der Waals surface area contributed by atoms with Crippen molar-refractivity contribution in [2.45, 2.75) is 13.8 Å². The molecule has 0 radical (unpaired) electrons. The lowest BCUT2D eigenvalue weighted by Crippen LogP contribution is -1.92. The Morgan fingerprint density at radius 1 is 1.18 bits per heavy atom. The lowest BCUT2D eigenvalue weighted by atomic mass is 10.0. The van der Waals surface area contributed by atoms with Crippen LogP contribution in [0, 0.1) is 13.8 Å². The Labute approximate surface area is 130 Å². The lowest BCUT2D eigenvalue weighted by Gasteiger charge is -2.07. The predicted octanol–water partition coefficient (Wildman–Crippen LogP) is 4.02. The first-order valence-corrected chi connectivity index (χ1v) is 6.82. The second-order valence-corrected chi connectivity index (χ2v) is 4.89. The number of rotatable bonds is 3. The van der Waals surface area contributed by atoms with Gasteiger partial charge in [0, 0.05) is 7.62 Å². The van der Waals surface area contributed by atoms with Gasteiger partial charge in [0.15, 0.2) is 5.82 Å². The number of nitrogens with one attached hydrogen (secondary N) is 1. The molecule has 0 fully saturated rings. The summed E-state index contributed by atoms with van der Waals surface area (Å²) in [6.45, 7) is 4.20.